The third-order valence-corrected chi connectivity index (χ3v) is 2.60. The summed E-state index contributed by atoms with van der Waals surface area (Å²) >= 11 is 0. The van der Waals surface area contributed by atoms with Gasteiger partial charge in [-0.25, -0.2) is 9.37 Å². The summed E-state index contributed by atoms with van der Waals surface area (Å²) in [6, 6.07) is 4.76. The molecule has 0 bridgehead atoms. The molecule has 1 aromatic heterocycles. The lowest BCUT2D eigenvalue weighted by atomic mass is 10.2. The van der Waals surface area contributed by atoms with Crippen LogP contribution in [0.15, 0.2) is 18.2 Å². The first kappa shape index (κ1) is 11.1. The fraction of sp³-hybridized carbons (Fsp3) is 0.417. The Morgan fingerprint density at radius 3 is 2.56 bits per heavy atom. The fourth-order valence-corrected chi connectivity index (χ4v) is 1.95. The van der Waals surface area contributed by atoms with Gasteiger partial charge in [0, 0.05) is 12.1 Å². The predicted molar refractivity (Wildman–Crippen MR) is 62.7 cm³/mol. The van der Waals surface area contributed by atoms with Crippen LogP contribution in [-0.2, 0) is 0 Å². The first-order valence-corrected chi connectivity index (χ1v) is 5.43. The zero-order chi connectivity index (χ0) is 11.9. The van der Waals surface area contributed by atoms with E-state index in [1.54, 1.807) is 6.07 Å². The summed E-state index contributed by atoms with van der Waals surface area (Å²) in [7, 11) is 0. The number of nitrogens with zero attached hydrogens (tertiary/aromatic N) is 2. The molecule has 4 heteroatoms. The molecule has 2 rings (SSSR count). The first-order chi connectivity index (χ1) is 7.50. The summed E-state index contributed by atoms with van der Waals surface area (Å²) in [5.74, 6) is 0.535. The molecule has 0 saturated heterocycles. The van der Waals surface area contributed by atoms with E-state index in [4.69, 9.17) is 5.73 Å². The summed E-state index contributed by atoms with van der Waals surface area (Å²) in [6.07, 6.45) is 0. The highest BCUT2D eigenvalue weighted by atomic mass is 19.1. The van der Waals surface area contributed by atoms with E-state index in [0.717, 1.165) is 11.3 Å². The molecule has 1 atom stereocenters. The second kappa shape index (κ2) is 3.87. The van der Waals surface area contributed by atoms with Crippen LogP contribution in [0.3, 0.4) is 0 Å². The van der Waals surface area contributed by atoms with Gasteiger partial charge in [-0.15, -0.1) is 0 Å². The van der Waals surface area contributed by atoms with Gasteiger partial charge in [0.1, 0.15) is 11.6 Å². The van der Waals surface area contributed by atoms with Crippen LogP contribution in [0.25, 0.3) is 11.0 Å². The number of aromatic nitrogens is 2. The molecular formula is C12H16FN3. The zero-order valence-corrected chi connectivity index (χ0v) is 9.74. The molecule has 0 aliphatic rings. The van der Waals surface area contributed by atoms with E-state index < -0.39 is 0 Å². The molecule has 3 nitrogen and oxygen atoms in total. The molecule has 2 N–H and O–H groups in total. The van der Waals surface area contributed by atoms with Crippen molar-refractivity contribution >= 4 is 11.0 Å². The number of rotatable bonds is 2. The number of imidazole rings is 1. The Morgan fingerprint density at radius 1 is 1.31 bits per heavy atom. The molecule has 0 saturated carbocycles. The minimum atomic E-state index is -0.267. The van der Waals surface area contributed by atoms with Crippen molar-refractivity contribution in [3.8, 4) is 0 Å². The van der Waals surface area contributed by atoms with Crippen LogP contribution >= 0.6 is 0 Å². The Bertz CT molecular complexity index is 514. The first-order valence-electron chi connectivity index (χ1n) is 5.43. The number of nitrogens with two attached hydrogens (primary N) is 1. The predicted octanol–water partition coefficient (Wildman–Crippen LogP) is 2.78. The van der Waals surface area contributed by atoms with E-state index in [2.05, 4.69) is 23.4 Å². The monoisotopic (exact) mass is 221 g/mol. The number of benzene rings is 1. The van der Waals surface area contributed by atoms with Crippen molar-refractivity contribution in [2.75, 3.05) is 0 Å². The largest absolute Gasteiger partial charge is 0.324 e. The van der Waals surface area contributed by atoms with Gasteiger partial charge in [-0.2, -0.15) is 0 Å². The molecule has 0 aliphatic carbocycles. The van der Waals surface area contributed by atoms with Gasteiger partial charge in [0.15, 0.2) is 0 Å². The molecule has 16 heavy (non-hydrogen) atoms. The maximum Gasteiger partial charge on any atom is 0.126 e. The third-order valence-electron chi connectivity index (χ3n) is 2.60. The van der Waals surface area contributed by atoms with Crippen LogP contribution < -0.4 is 5.73 Å². The molecule has 1 aromatic carbocycles. The number of fused-ring (bicyclic) bond motifs is 1. The molecule has 0 radical (unpaired) electrons. The normalized spacial score (nSPS) is 13.6. The standard InChI is InChI=1S/C12H16FN3/c1-7(2)16-11-5-4-9(13)6-10(11)15-12(16)8(3)14/h4-8H,14H2,1-3H3. The van der Waals surface area contributed by atoms with Gasteiger partial charge < -0.3 is 10.3 Å². The Kier molecular flexibility index (Phi) is 2.68. The SMILES string of the molecule is CC(N)c1nc2cc(F)ccc2n1C(C)C. The molecule has 86 valence electrons. The van der Waals surface area contributed by atoms with E-state index in [1.807, 2.05) is 6.92 Å². The average Bonchev–Trinajstić information content (AvgIpc) is 2.55. The molecule has 0 amide bonds. The van der Waals surface area contributed by atoms with Crippen LogP contribution in [-0.4, -0.2) is 9.55 Å². The molecule has 1 heterocycles. The van der Waals surface area contributed by atoms with Gasteiger partial charge in [-0.05, 0) is 32.9 Å². The summed E-state index contributed by atoms with van der Waals surface area (Å²) in [4.78, 5) is 4.39. The van der Waals surface area contributed by atoms with Crippen LogP contribution in [0.1, 0.15) is 38.7 Å². The van der Waals surface area contributed by atoms with Gasteiger partial charge >= 0.3 is 0 Å². The van der Waals surface area contributed by atoms with Crippen LogP contribution in [0, 0.1) is 5.82 Å². The zero-order valence-electron chi connectivity index (χ0n) is 9.74. The van der Waals surface area contributed by atoms with Crippen molar-refractivity contribution in [3.63, 3.8) is 0 Å². The second-order valence-corrected chi connectivity index (χ2v) is 4.36. The van der Waals surface area contributed by atoms with Crippen LogP contribution in [0.2, 0.25) is 0 Å². The smallest absolute Gasteiger partial charge is 0.126 e. The van der Waals surface area contributed by atoms with E-state index >= 15 is 0 Å². The third kappa shape index (κ3) is 1.69. The Balaban J connectivity index is 2.75. The Morgan fingerprint density at radius 2 is 2.00 bits per heavy atom. The lowest BCUT2D eigenvalue weighted by molar-refractivity contribution is 0.557. The average molecular weight is 221 g/mol. The van der Waals surface area contributed by atoms with Crippen molar-refractivity contribution in [2.45, 2.75) is 32.9 Å². The minimum Gasteiger partial charge on any atom is -0.324 e. The summed E-state index contributed by atoms with van der Waals surface area (Å²) < 4.78 is 15.2. The molecular weight excluding hydrogens is 205 g/mol. The topological polar surface area (TPSA) is 43.8 Å². The second-order valence-electron chi connectivity index (χ2n) is 4.36. The van der Waals surface area contributed by atoms with Crippen molar-refractivity contribution in [1.82, 2.24) is 9.55 Å². The maximum atomic E-state index is 13.1. The highest BCUT2D eigenvalue weighted by Gasteiger charge is 2.16. The maximum absolute atomic E-state index is 13.1. The van der Waals surface area contributed by atoms with Crippen molar-refractivity contribution < 1.29 is 4.39 Å². The van der Waals surface area contributed by atoms with E-state index in [9.17, 15) is 4.39 Å². The van der Waals surface area contributed by atoms with Gasteiger partial charge in [-0.1, -0.05) is 0 Å². The number of hydrogen-bond donors (Lipinski definition) is 1. The van der Waals surface area contributed by atoms with E-state index in [1.165, 1.54) is 12.1 Å². The Hall–Kier alpha value is -1.42. The highest BCUT2D eigenvalue weighted by molar-refractivity contribution is 5.76. The van der Waals surface area contributed by atoms with Crippen molar-refractivity contribution in [2.24, 2.45) is 5.73 Å². The van der Waals surface area contributed by atoms with Crippen molar-refractivity contribution in [1.29, 1.82) is 0 Å². The summed E-state index contributed by atoms with van der Waals surface area (Å²) in [5.41, 5.74) is 7.48. The van der Waals surface area contributed by atoms with E-state index in [0.29, 0.717) is 5.52 Å². The molecule has 1 unspecified atom stereocenters. The number of hydrogen-bond acceptors (Lipinski definition) is 2. The molecule has 0 fully saturated rings. The van der Waals surface area contributed by atoms with Gasteiger partial charge in [0.25, 0.3) is 0 Å². The minimum absolute atomic E-state index is 0.155. The van der Waals surface area contributed by atoms with E-state index in [-0.39, 0.29) is 17.9 Å². The van der Waals surface area contributed by atoms with Crippen LogP contribution in [0.5, 0.6) is 0 Å². The lowest BCUT2D eigenvalue weighted by Crippen LogP contribution is -2.14. The summed E-state index contributed by atoms with van der Waals surface area (Å²) in [5, 5.41) is 0. The van der Waals surface area contributed by atoms with Crippen LogP contribution in [0.4, 0.5) is 4.39 Å². The lowest BCUT2D eigenvalue weighted by Gasteiger charge is -2.14. The van der Waals surface area contributed by atoms with Crippen molar-refractivity contribution in [3.05, 3.63) is 29.8 Å². The number of halogens is 1. The Labute approximate surface area is 94.1 Å². The van der Waals surface area contributed by atoms with Gasteiger partial charge in [0.05, 0.1) is 17.1 Å². The van der Waals surface area contributed by atoms with Gasteiger partial charge in [-0.3, -0.25) is 0 Å². The molecule has 0 aliphatic heterocycles. The fourth-order valence-electron chi connectivity index (χ4n) is 1.95. The molecule has 2 aromatic rings. The summed E-state index contributed by atoms with van der Waals surface area (Å²) in [6.45, 7) is 6.02. The quantitative estimate of drug-likeness (QED) is 0.847. The van der Waals surface area contributed by atoms with Gasteiger partial charge in [0.2, 0.25) is 0 Å². The highest BCUT2D eigenvalue weighted by Crippen LogP contribution is 2.24. The molecule has 0 spiro atoms.